The molecule has 0 aliphatic heterocycles. The second-order valence-electron chi connectivity index (χ2n) is 2.45. The van der Waals surface area contributed by atoms with Crippen LogP contribution in [0.25, 0.3) is 0 Å². The Hall–Kier alpha value is -0.910. The summed E-state index contributed by atoms with van der Waals surface area (Å²) in [5.41, 5.74) is 0.680. The molecule has 0 amide bonds. The molecule has 13 heavy (non-hydrogen) atoms. The number of amidine groups is 1. The van der Waals surface area contributed by atoms with E-state index in [1.54, 1.807) is 11.1 Å². The minimum Gasteiger partial charge on any atom is -0.334 e. The molecule has 1 rings (SSSR count). The highest BCUT2D eigenvalue weighted by molar-refractivity contribution is 14.1. The third kappa shape index (κ3) is 2.80. The van der Waals surface area contributed by atoms with Gasteiger partial charge >= 0.3 is 0 Å². The number of aromatic nitrogens is 1. The van der Waals surface area contributed by atoms with Crippen LogP contribution in [0.4, 0.5) is 0 Å². The lowest BCUT2D eigenvalue weighted by molar-refractivity contribution is 0.682. The van der Waals surface area contributed by atoms with Gasteiger partial charge in [-0.1, -0.05) is 28.7 Å². The van der Waals surface area contributed by atoms with E-state index in [0.717, 1.165) is 0 Å². The van der Waals surface area contributed by atoms with Crippen molar-refractivity contribution < 1.29 is 0 Å². The lowest BCUT2D eigenvalue weighted by Gasteiger charge is -2.13. The molecular weight excluding hydrogens is 277 g/mol. The van der Waals surface area contributed by atoms with Crippen molar-refractivity contribution in [1.29, 1.82) is 5.41 Å². The average Bonchev–Trinajstić information content (AvgIpc) is 2.18. The Morgan fingerprint density at radius 1 is 1.62 bits per heavy atom. The molecule has 0 saturated heterocycles. The number of hydrogen-bond donors (Lipinski definition) is 1. The van der Waals surface area contributed by atoms with Crippen LogP contribution in [0.3, 0.4) is 0 Å². The largest absolute Gasteiger partial charge is 0.334 e. The predicted molar refractivity (Wildman–Crippen MR) is 62.0 cm³/mol. The molecule has 68 valence electrons. The molecule has 0 aliphatic rings. The molecule has 0 aliphatic carbocycles. The van der Waals surface area contributed by atoms with Gasteiger partial charge < -0.3 is 4.90 Å². The molecule has 3 nitrogen and oxygen atoms in total. The molecular formula is C9H10IN3. The number of pyridine rings is 1. The van der Waals surface area contributed by atoms with Crippen LogP contribution in [0.2, 0.25) is 0 Å². The summed E-state index contributed by atoms with van der Waals surface area (Å²) >= 11 is 2.12. The summed E-state index contributed by atoms with van der Waals surface area (Å²) in [7, 11) is 1.83. The molecule has 1 aromatic heterocycles. The molecule has 1 heterocycles. The number of rotatable bonds is 2. The summed E-state index contributed by atoms with van der Waals surface area (Å²) < 4.78 is 1.86. The maximum absolute atomic E-state index is 7.75. The third-order valence-corrected chi connectivity index (χ3v) is 1.86. The van der Waals surface area contributed by atoms with Crippen molar-refractivity contribution in [2.24, 2.45) is 0 Å². The molecule has 0 bridgehead atoms. The van der Waals surface area contributed by atoms with Crippen molar-refractivity contribution in [1.82, 2.24) is 9.88 Å². The topological polar surface area (TPSA) is 40.0 Å². The molecule has 0 saturated carbocycles. The molecule has 1 aromatic rings. The van der Waals surface area contributed by atoms with Crippen LogP contribution in [0.1, 0.15) is 5.69 Å². The van der Waals surface area contributed by atoms with Crippen molar-refractivity contribution in [3.63, 3.8) is 0 Å². The SMILES string of the molecule is CN(/C=C\I)C(=N)c1ccccn1. The van der Waals surface area contributed by atoms with Gasteiger partial charge in [-0.3, -0.25) is 10.4 Å². The summed E-state index contributed by atoms with van der Waals surface area (Å²) in [4.78, 5) is 5.80. The van der Waals surface area contributed by atoms with E-state index in [1.807, 2.05) is 35.5 Å². The first-order chi connectivity index (χ1) is 6.25. The summed E-state index contributed by atoms with van der Waals surface area (Å²) in [5, 5.41) is 7.75. The summed E-state index contributed by atoms with van der Waals surface area (Å²) in [6.07, 6.45) is 3.50. The van der Waals surface area contributed by atoms with Gasteiger partial charge in [-0.2, -0.15) is 0 Å². The van der Waals surface area contributed by atoms with Crippen LogP contribution in [0.5, 0.6) is 0 Å². The Morgan fingerprint density at radius 3 is 2.92 bits per heavy atom. The predicted octanol–water partition coefficient (Wildman–Crippen LogP) is 2.24. The van der Waals surface area contributed by atoms with E-state index in [0.29, 0.717) is 11.5 Å². The van der Waals surface area contributed by atoms with Gasteiger partial charge in [0.2, 0.25) is 0 Å². The van der Waals surface area contributed by atoms with E-state index in [9.17, 15) is 0 Å². The minimum atomic E-state index is 0.397. The molecule has 0 radical (unpaired) electrons. The van der Waals surface area contributed by atoms with Gasteiger partial charge in [0.25, 0.3) is 0 Å². The lowest BCUT2D eigenvalue weighted by atomic mass is 10.3. The monoisotopic (exact) mass is 287 g/mol. The number of nitrogens with one attached hydrogen (secondary N) is 1. The third-order valence-electron chi connectivity index (χ3n) is 1.54. The fraction of sp³-hybridized carbons (Fsp3) is 0.111. The summed E-state index contributed by atoms with van der Waals surface area (Å²) in [6.45, 7) is 0. The smallest absolute Gasteiger partial charge is 0.150 e. The van der Waals surface area contributed by atoms with Gasteiger partial charge in [-0.15, -0.1) is 0 Å². The zero-order valence-electron chi connectivity index (χ0n) is 7.24. The van der Waals surface area contributed by atoms with Crippen LogP contribution in [-0.2, 0) is 0 Å². The zero-order chi connectivity index (χ0) is 9.68. The molecule has 0 spiro atoms. The van der Waals surface area contributed by atoms with E-state index < -0.39 is 0 Å². The van der Waals surface area contributed by atoms with Crippen LogP contribution in [-0.4, -0.2) is 22.8 Å². The van der Waals surface area contributed by atoms with Crippen molar-refractivity contribution in [3.05, 3.63) is 40.4 Å². The maximum Gasteiger partial charge on any atom is 0.150 e. The molecule has 0 aromatic carbocycles. The highest BCUT2D eigenvalue weighted by atomic mass is 127. The van der Waals surface area contributed by atoms with Gasteiger partial charge in [0, 0.05) is 19.4 Å². The lowest BCUT2D eigenvalue weighted by Crippen LogP contribution is -2.21. The van der Waals surface area contributed by atoms with Crippen LogP contribution >= 0.6 is 22.6 Å². The molecule has 0 unspecified atom stereocenters. The fourth-order valence-corrected chi connectivity index (χ4v) is 1.33. The molecule has 0 fully saturated rings. The van der Waals surface area contributed by atoms with E-state index in [2.05, 4.69) is 27.6 Å². The fourth-order valence-electron chi connectivity index (χ4n) is 0.843. The summed E-state index contributed by atoms with van der Waals surface area (Å²) in [6, 6.07) is 5.53. The Morgan fingerprint density at radius 2 is 2.38 bits per heavy atom. The second kappa shape index (κ2) is 4.96. The Bertz CT molecular complexity index is 308. The summed E-state index contributed by atoms with van der Waals surface area (Å²) in [5.74, 6) is 0.397. The zero-order valence-corrected chi connectivity index (χ0v) is 9.39. The quantitative estimate of drug-likeness (QED) is 0.515. The van der Waals surface area contributed by atoms with Crippen molar-refractivity contribution >= 4 is 28.4 Å². The van der Waals surface area contributed by atoms with E-state index in [4.69, 9.17) is 5.41 Å². The van der Waals surface area contributed by atoms with E-state index >= 15 is 0 Å². The van der Waals surface area contributed by atoms with Gasteiger partial charge in [-0.05, 0) is 16.2 Å². The number of hydrogen-bond acceptors (Lipinski definition) is 2. The standard InChI is InChI=1S/C9H10IN3/c1-13(7-5-10)9(11)8-4-2-3-6-12-8/h2-7,11H,1H3/b7-5-,11-9?. The Kier molecular flexibility index (Phi) is 3.88. The Labute approximate surface area is 91.1 Å². The van der Waals surface area contributed by atoms with Crippen LogP contribution in [0, 0.1) is 5.41 Å². The maximum atomic E-state index is 7.75. The molecule has 1 N–H and O–H groups in total. The second-order valence-corrected chi connectivity index (χ2v) is 3.17. The van der Waals surface area contributed by atoms with Crippen LogP contribution < -0.4 is 0 Å². The first-order valence-corrected chi connectivity index (χ1v) is 5.00. The van der Waals surface area contributed by atoms with Crippen molar-refractivity contribution in [2.75, 3.05) is 7.05 Å². The van der Waals surface area contributed by atoms with E-state index in [-0.39, 0.29) is 0 Å². The molecule has 0 atom stereocenters. The normalized spacial score (nSPS) is 10.3. The van der Waals surface area contributed by atoms with Gasteiger partial charge in [0.1, 0.15) is 5.69 Å². The van der Waals surface area contributed by atoms with Crippen molar-refractivity contribution in [2.45, 2.75) is 0 Å². The number of halogens is 1. The van der Waals surface area contributed by atoms with Gasteiger partial charge in [-0.25, -0.2) is 0 Å². The highest BCUT2D eigenvalue weighted by Crippen LogP contribution is 2.00. The Balaban J connectivity index is 2.80. The first kappa shape index (κ1) is 10.2. The average molecular weight is 287 g/mol. The number of nitrogens with zero attached hydrogens (tertiary/aromatic N) is 2. The molecule has 4 heteroatoms. The van der Waals surface area contributed by atoms with Gasteiger partial charge in [0.05, 0.1) is 0 Å². The van der Waals surface area contributed by atoms with E-state index in [1.165, 1.54) is 0 Å². The highest BCUT2D eigenvalue weighted by Gasteiger charge is 2.04. The van der Waals surface area contributed by atoms with Crippen molar-refractivity contribution in [3.8, 4) is 0 Å². The minimum absolute atomic E-state index is 0.397. The van der Waals surface area contributed by atoms with Gasteiger partial charge in [0.15, 0.2) is 5.84 Å². The first-order valence-electron chi connectivity index (χ1n) is 3.75. The van der Waals surface area contributed by atoms with Crippen LogP contribution in [0.15, 0.2) is 34.7 Å².